The van der Waals surface area contributed by atoms with Gasteiger partial charge in [0.25, 0.3) is 0 Å². The largest absolute Gasteiger partial charge is 0.333 e. The van der Waals surface area contributed by atoms with Crippen molar-refractivity contribution in [3.8, 4) is 0 Å². The fourth-order valence-corrected chi connectivity index (χ4v) is 2.20. The van der Waals surface area contributed by atoms with Crippen LogP contribution in [0.4, 0.5) is 0 Å². The third-order valence-corrected chi connectivity index (χ3v) is 2.61. The van der Waals surface area contributed by atoms with Crippen LogP contribution < -0.4 is 5.73 Å². The molecule has 0 bridgehead atoms. The standard InChI is InChI=1S/C9H18S.CH5N/c1-8(10)7-9-5-3-2-4-6-9;1-2/h8-10H,2-7H2,1H3;2H2,1H3. The average molecular weight is 189 g/mol. The topological polar surface area (TPSA) is 26.0 Å². The van der Waals surface area contributed by atoms with E-state index in [1.54, 1.807) is 0 Å². The van der Waals surface area contributed by atoms with Crippen molar-refractivity contribution < 1.29 is 0 Å². The Hall–Kier alpha value is 0.310. The maximum atomic E-state index is 4.50. The van der Waals surface area contributed by atoms with E-state index in [0.29, 0.717) is 5.25 Å². The summed E-state index contributed by atoms with van der Waals surface area (Å²) in [4.78, 5) is 0. The second-order valence-corrected chi connectivity index (χ2v) is 4.47. The fourth-order valence-electron chi connectivity index (χ4n) is 1.91. The Morgan fingerprint density at radius 1 is 1.25 bits per heavy atom. The zero-order valence-electron chi connectivity index (χ0n) is 8.42. The van der Waals surface area contributed by atoms with Crippen molar-refractivity contribution in [1.82, 2.24) is 0 Å². The molecular formula is C10H23NS. The van der Waals surface area contributed by atoms with E-state index in [1.165, 1.54) is 45.6 Å². The number of rotatable bonds is 2. The fraction of sp³-hybridized carbons (Fsp3) is 1.00. The van der Waals surface area contributed by atoms with Gasteiger partial charge < -0.3 is 5.73 Å². The Morgan fingerprint density at radius 3 is 2.17 bits per heavy atom. The summed E-state index contributed by atoms with van der Waals surface area (Å²) in [7, 11) is 1.50. The molecular weight excluding hydrogens is 166 g/mol. The van der Waals surface area contributed by atoms with Gasteiger partial charge in [0.05, 0.1) is 0 Å². The molecule has 1 rings (SSSR count). The zero-order valence-corrected chi connectivity index (χ0v) is 9.32. The first-order valence-electron chi connectivity index (χ1n) is 5.05. The molecule has 1 atom stereocenters. The zero-order chi connectivity index (χ0) is 9.40. The third kappa shape index (κ3) is 5.90. The van der Waals surface area contributed by atoms with Crippen LogP contribution in [0.3, 0.4) is 0 Å². The molecule has 0 radical (unpaired) electrons. The molecule has 1 aliphatic rings. The van der Waals surface area contributed by atoms with Gasteiger partial charge in [0.1, 0.15) is 0 Å². The first kappa shape index (κ1) is 12.3. The van der Waals surface area contributed by atoms with E-state index in [2.05, 4.69) is 25.3 Å². The minimum Gasteiger partial charge on any atom is -0.333 e. The van der Waals surface area contributed by atoms with Crippen LogP contribution in [0.5, 0.6) is 0 Å². The summed E-state index contributed by atoms with van der Waals surface area (Å²) in [6.45, 7) is 2.21. The van der Waals surface area contributed by atoms with Crippen LogP contribution in [0.15, 0.2) is 0 Å². The molecule has 0 amide bonds. The number of thiol groups is 1. The summed E-state index contributed by atoms with van der Waals surface area (Å²) >= 11 is 4.41. The highest BCUT2D eigenvalue weighted by atomic mass is 32.1. The number of hydrogen-bond donors (Lipinski definition) is 2. The summed E-state index contributed by atoms with van der Waals surface area (Å²) in [6, 6.07) is 0. The van der Waals surface area contributed by atoms with E-state index in [-0.39, 0.29) is 0 Å². The summed E-state index contributed by atoms with van der Waals surface area (Å²) in [6.07, 6.45) is 8.66. The van der Waals surface area contributed by atoms with Gasteiger partial charge in [-0.15, -0.1) is 0 Å². The molecule has 1 unspecified atom stereocenters. The first-order valence-corrected chi connectivity index (χ1v) is 5.56. The lowest BCUT2D eigenvalue weighted by atomic mass is 9.86. The van der Waals surface area contributed by atoms with Gasteiger partial charge in [-0.3, -0.25) is 0 Å². The van der Waals surface area contributed by atoms with Crippen molar-refractivity contribution in [2.45, 2.75) is 50.7 Å². The Balaban J connectivity index is 0.000000561. The molecule has 1 aliphatic carbocycles. The molecule has 0 aliphatic heterocycles. The maximum absolute atomic E-state index is 4.50. The summed E-state index contributed by atoms with van der Waals surface area (Å²) in [5.74, 6) is 1.00. The Labute approximate surface area is 82.5 Å². The second kappa shape index (κ2) is 7.93. The molecule has 2 heteroatoms. The molecule has 0 spiro atoms. The van der Waals surface area contributed by atoms with E-state index in [9.17, 15) is 0 Å². The van der Waals surface area contributed by atoms with Crippen LogP contribution in [0.25, 0.3) is 0 Å². The van der Waals surface area contributed by atoms with Crippen molar-refractivity contribution in [2.75, 3.05) is 7.05 Å². The molecule has 1 saturated carbocycles. The molecule has 0 aromatic rings. The quantitative estimate of drug-likeness (QED) is 0.642. The van der Waals surface area contributed by atoms with Crippen LogP contribution in [-0.4, -0.2) is 12.3 Å². The molecule has 74 valence electrons. The molecule has 0 aromatic heterocycles. The molecule has 12 heavy (non-hydrogen) atoms. The Kier molecular flexibility index (Phi) is 8.14. The minimum absolute atomic E-state index is 0.614. The van der Waals surface area contributed by atoms with E-state index < -0.39 is 0 Å². The van der Waals surface area contributed by atoms with Crippen LogP contribution in [0.2, 0.25) is 0 Å². The highest BCUT2D eigenvalue weighted by molar-refractivity contribution is 7.80. The highest BCUT2D eigenvalue weighted by Crippen LogP contribution is 2.28. The van der Waals surface area contributed by atoms with E-state index in [4.69, 9.17) is 0 Å². The van der Waals surface area contributed by atoms with Crippen molar-refractivity contribution in [2.24, 2.45) is 11.7 Å². The van der Waals surface area contributed by atoms with Crippen LogP contribution >= 0.6 is 12.6 Å². The summed E-state index contributed by atoms with van der Waals surface area (Å²) < 4.78 is 0. The predicted octanol–water partition coefficient (Wildman–Crippen LogP) is 2.85. The first-order chi connectivity index (χ1) is 5.79. The third-order valence-electron chi connectivity index (χ3n) is 2.40. The number of nitrogens with two attached hydrogens (primary N) is 1. The number of hydrogen-bond acceptors (Lipinski definition) is 2. The molecule has 1 fully saturated rings. The van der Waals surface area contributed by atoms with Crippen LogP contribution in [0, 0.1) is 5.92 Å². The Morgan fingerprint density at radius 2 is 1.75 bits per heavy atom. The van der Waals surface area contributed by atoms with Crippen molar-refractivity contribution in [3.63, 3.8) is 0 Å². The van der Waals surface area contributed by atoms with E-state index >= 15 is 0 Å². The van der Waals surface area contributed by atoms with Gasteiger partial charge in [0.15, 0.2) is 0 Å². The molecule has 0 heterocycles. The van der Waals surface area contributed by atoms with E-state index in [1.807, 2.05) is 0 Å². The van der Waals surface area contributed by atoms with Gasteiger partial charge in [-0.1, -0.05) is 39.0 Å². The van der Waals surface area contributed by atoms with Gasteiger partial charge in [-0.05, 0) is 24.6 Å². The monoisotopic (exact) mass is 189 g/mol. The smallest absolute Gasteiger partial charge is 0.000895 e. The van der Waals surface area contributed by atoms with Crippen molar-refractivity contribution in [1.29, 1.82) is 0 Å². The maximum Gasteiger partial charge on any atom is -0.000895 e. The van der Waals surface area contributed by atoms with Crippen LogP contribution in [-0.2, 0) is 0 Å². The summed E-state index contributed by atoms with van der Waals surface area (Å²) in [5, 5.41) is 0.614. The van der Waals surface area contributed by atoms with Gasteiger partial charge in [-0.25, -0.2) is 0 Å². The summed E-state index contributed by atoms with van der Waals surface area (Å²) in [5.41, 5.74) is 4.50. The molecule has 1 nitrogen and oxygen atoms in total. The lowest BCUT2D eigenvalue weighted by Gasteiger charge is -2.22. The van der Waals surface area contributed by atoms with Gasteiger partial charge >= 0.3 is 0 Å². The van der Waals surface area contributed by atoms with Gasteiger partial charge in [0.2, 0.25) is 0 Å². The van der Waals surface area contributed by atoms with Crippen molar-refractivity contribution in [3.05, 3.63) is 0 Å². The normalized spacial score (nSPS) is 21.0. The Bertz CT molecular complexity index is 87.8. The minimum atomic E-state index is 0.614. The average Bonchev–Trinajstić information content (AvgIpc) is 2.08. The molecule has 0 aromatic carbocycles. The highest BCUT2D eigenvalue weighted by Gasteiger charge is 2.14. The van der Waals surface area contributed by atoms with Gasteiger partial charge in [0, 0.05) is 0 Å². The predicted molar refractivity (Wildman–Crippen MR) is 59.8 cm³/mol. The SMILES string of the molecule is CC(S)CC1CCCCC1.CN. The molecule has 0 saturated heterocycles. The molecule has 2 N–H and O–H groups in total. The van der Waals surface area contributed by atoms with Crippen LogP contribution in [0.1, 0.15) is 45.4 Å². The lowest BCUT2D eigenvalue weighted by molar-refractivity contribution is 0.340. The van der Waals surface area contributed by atoms with Crippen molar-refractivity contribution >= 4 is 12.6 Å². The van der Waals surface area contributed by atoms with Gasteiger partial charge in [-0.2, -0.15) is 12.6 Å². The lowest BCUT2D eigenvalue weighted by Crippen LogP contribution is -2.09. The van der Waals surface area contributed by atoms with E-state index in [0.717, 1.165) is 5.92 Å². The second-order valence-electron chi connectivity index (χ2n) is 3.59.